The minimum Gasteiger partial charge on any atom is -0.467 e. The number of furan rings is 1. The standard InChI is InChI=1S/C20H15BrN2O2S2/c21-14-8-9-17-18(11-14)27-20(22-17)23(12-15-5-4-10-25-15)19(24)13-26-16-6-2-1-3-7-16/h1-11H,12-13H2. The van der Waals surface area contributed by atoms with E-state index in [2.05, 4.69) is 20.9 Å². The fraction of sp³-hybridized carbons (Fsp3) is 0.100. The number of thioether (sulfide) groups is 1. The number of halogens is 1. The molecule has 136 valence electrons. The minimum absolute atomic E-state index is 0.00150. The van der Waals surface area contributed by atoms with Crippen LogP contribution in [0.3, 0.4) is 0 Å². The second-order valence-electron chi connectivity index (χ2n) is 5.77. The van der Waals surface area contributed by atoms with E-state index in [1.165, 1.54) is 23.1 Å². The van der Waals surface area contributed by atoms with Crippen LogP contribution >= 0.6 is 39.0 Å². The number of carbonyl (C=O) groups excluding carboxylic acids is 1. The van der Waals surface area contributed by atoms with Gasteiger partial charge in [0.1, 0.15) is 5.76 Å². The van der Waals surface area contributed by atoms with Crippen LogP contribution in [0.5, 0.6) is 0 Å². The van der Waals surface area contributed by atoms with Gasteiger partial charge < -0.3 is 4.42 Å². The first-order valence-electron chi connectivity index (χ1n) is 8.26. The molecule has 4 aromatic rings. The molecular weight excluding hydrogens is 444 g/mol. The SMILES string of the molecule is O=C(CSc1ccccc1)N(Cc1ccco1)c1nc2ccc(Br)cc2s1. The molecule has 0 saturated heterocycles. The highest BCUT2D eigenvalue weighted by molar-refractivity contribution is 9.10. The molecule has 0 spiro atoms. The maximum absolute atomic E-state index is 13.0. The van der Waals surface area contributed by atoms with Gasteiger partial charge in [0.05, 0.1) is 28.8 Å². The first-order valence-corrected chi connectivity index (χ1v) is 10.9. The third kappa shape index (κ3) is 4.43. The molecule has 0 aliphatic carbocycles. The van der Waals surface area contributed by atoms with E-state index in [0.717, 1.165) is 25.3 Å². The minimum atomic E-state index is -0.00150. The average molecular weight is 459 g/mol. The van der Waals surface area contributed by atoms with Crippen molar-refractivity contribution >= 4 is 60.3 Å². The van der Waals surface area contributed by atoms with Crippen molar-refractivity contribution < 1.29 is 9.21 Å². The fourth-order valence-electron chi connectivity index (χ4n) is 2.56. The second-order valence-corrected chi connectivity index (χ2v) is 8.74. The van der Waals surface area contributed by atoms with Crippen LogP contribution in [0.2, 0.25) is 0 Å². The molecule has 2 aromatic carbocycles. The van der Waals surface area contributed by atoms with E-state index in [1.54, 1.807) is 11.2 Å². The molecule has 0 atom stereocenters. The van der Waals surface area contributed by atoms with Gasteiger partial charge in [-0.15, -0.1) is 11.8 Å². The zero-order valence-electron chi connectivity index (χ0n) is 14.2. The van der Waals surface area contributed by atoms with Crippen LogP contribution in [0, 0.1) is 0 Å². The van der Waals surface area contributed by atoms with Crippen LogP contribution < -0.4 is 4.90 Å². The molecule has 2 heterocycles. The van der Waals surface area contributed by atoms with Crippen molar-refractivity contribution in [3.8, 4) is 0 Å². The van der Waals surface area contributed by atoms with Gasteiger partial charge in [0.25, 0.3) is 0 Å². The molecule has 0 fully saturated rings. The normalized spacial score (nSPS) is 11.0. The van der Waals surface area contributed by atoms with Crippen molar-refractivity contribution in [2.24, 2.45) is 0 Å². The van der Waals surface area contributed by atoms with E-state index in [4.69, 9.17) is 4.42 Å². The highest BCUT2D eigenvalue weighted by atomic mass is 79.9. The maximum atomic E-state index is 13.0. The number of anilines is 1. The molecule has 0 aliphatic heterocycles. The van der Waals surface area contributed by atoms with Crippen molar-refractivity contribution in [3.05, 3.63) is 77.2 Å². The van der Waals surface area contributed by atoms with Gasteiger partial charge in [-0.25, -0.2) is 4.98 Å². The Kier molecular flexibility index (Phi) is 5.61. The Morgan fingerprint density at radius 2 is 2.00 bits per heavy atom. The van der Waals surface area contributed by atoms with Gasteiger partial charge in [0.15, 0.2) is 5.13 Å². The third-order valence-electron chi connectivity index (χ3n) is 3.87. The number of aromatic nitrogens is 1. The van der Waals surface area contributed by atoms with E-state index in [0.29, 0.717) is 17.4 Å². The molecule has 27 heavy (non-hydrogen) atoms. The predicted octanol–water partition coefficient (Wildman–Crippen LogP) is 5.98. The summed E-state index contributed by atoms with van der Waals surface area (Å²) < 4.78 is 7.49. The number of fused-ring (bicyclic) bond motifs is 1. The molecule has 0 bridgehead atoms. The van der Waals surface area contributed by atoms with Crippen LogP contribution in [0.4, 0.5) is 5.13 Å². The maximum Gasteiger partial charge on any atom is 0.239 e. The zero-order valence-corrected chi connectivity index (χ0v) is 17.4. The van der Waals surface area contributed by atoms with E-state index in [9.17, 15) is 4.79 Å². The number of hydrogen-bond acceptors (Lipinski definition) is 5. The molecule has 0 saturated carbocycles. The Labute approximate surface area is 173 Å². The lowest BCUT2D eigenvalue weighted by Crippen LogP contribution is -2.31. The number of benzene rings is 2. The van der Waals surface area contributed by atoms with Crippen molar-refractivity contribution in [2.75, 3.05) is 10.7 Å². The van der Waals surface area contributed by atoms with Gasteiger partial charge in [-0.05, 0) is 42.5 Å². The molecule has 0 unspecified atom stereocenters. The number of thiazole rings is 1. The largest absolute Gasteiger partial charge is 0.467 e. The lowest BCUT2D eigenvalue weighted by atomic mass is 10.3. The summed E-state index contributed by atoms with van der Waals surface area (Å²) in [6.07, 6.45) is 1.62. The predicted molar refractivity (Wildman–Crippen MR) is 114 cm³/mol. The smallest absolute Gasteiger partial charge is 0.239 e. The number of amides is 1. The van der Waals surface area contributed by atoms with Crippen molar-refractivity contribution in [3.63, 3.8) is 0 Å². The molecule has 0 radical (unpaired) electrons. The van der Waals surface area contributed by atoms with E-state index >= 15 is 0 Å². The van der Waals surface area contributed by atoms with Gasteiger partial charge in [-0.1, -0.05) is 45.5 Å². The van der Waals surface area contributed by atoms with Crippen LogP contribution in [-0.2, 0) is 11.3 Å². The lowest BCUT2D eigenvalue weighted by Gasteiger charge is -2.18. The van der Waals surface area contributed by atoms with E-state index in [-0.39, 0.29) is 5.91 Å². The molecule has 4 rings (SSSR count). The Morgan fingerprint density at radius 3 is 2.78 bits per heavy atom. The molecule has 2 aromatic heterocycles. The Balaban J connectivity index is 1.60. The number of rotatable bonds is 6. The van der Waals surface area contributed by atoms with Gasteiger partial charge in [0.2, 0.25) is 5.91 Å². The Morgan fingerprint density at radius 1 is 1.15 bits per heavy atom. The van der Waals surface area contributed by atoms with Gasteiger partial charge in [-0.2, -0.15) is 0 Å². The molecule has 1 amide bonds. The summed E-state index contributed by atoms with van der Waals surface area (Å²) in [6.45, 7) is 0.363. The lowest BCUT2D eigenvalue weighted by molar-refractivity contribution is -0.116. The summed E-state index contributed by atoms with van der Waals surface area (Å²) in [5.41, 5.74) is 0.881. The summed E-state index contributed by atoms with van der Waals surface area (Å²) in [5.74, 6) is 1.07. The van der Waals surface area contributed by atoms with Gasteiger partial charge in [-0.3, -0.25) is 9.69 Å². The van der Waals surface area contributed by atoms with Crippen LogP contribution in [0.25, 0.3) is 10.2 Å². The molecular formula is C20H15BrN2O2S2. The van der Waals surface area contributed by atoms with Crippen molar-refractivity contribution in [1.29, 1.82) is 0 Å². The number of carbonyl (C=O) groups is 1. The Bertz CT molecular complexity index is 1050. The topological polar surface area (TPSA) is 46.3 Å². The van der Waals surface area contributed by atoms with E-state index < -0.39 is 0 Å². The summed E-state index contributed by atoms with van der Waals surface area (Å²) in [4.78, 5) is 20.4. The van der Waals surface area contributed by atoms with Crippen LogP contribution in [-0.4, -0.2) is 16.6 Å². The first-order chi connectivity index (χ1) is 13.2. The summed E-state index contributed by atoms with van der Waals surface area (Å²) in [7, 11) is 0. The fourth-order valence-corrected chi connectivity index (χ4v) is 4.89. The quantitative estimate of drug-likeness (QED) is 0.333. The van der Waals surface area contributed by atoms with Crippen LogP contribution in [0.15, 0.2) is 80.7 Å². The first kappa shape index (κ1) is 18.3. The summed E-state index contributed by atoms with van der Waals surface area (Å²) >= 11 is 6.51. The second kappa shape index (κ2) is 8.29. The molecule has 0 N–H and O–H groups in total. The Hall–Kier alpha value is -2.09. The third-order valence-corrected chi connectivity index (χ3v) is 6.40. The van der Waals surface area contributed by atoms with Gasteiger partial charge in [0, 0.05) is 9.37 Å². The zero-order chi connectivity index (χ0) is 18.6. The average Bonchev–Trinajstić information content (AvgIpc) is 3.34. The highest BCUT2D eigenvalue weighted by Crippen LogP contribution is 2.32. The van der Waals surface area contributed by atoms with Crippen molar-refractivity contribution in [2.45, 2.75) is 11.4 Å². The van der Waals surface area contributed by atoms with Crippen LogP contribution in [0.1, 0.15) is 5.76 Å². The van der Waals surface area contributed by atoms with Gasteiger partial charge >= 0.3 is 0 Å². The van der Waals surface area contributed by atoms with Crippen molar-refractivity contribution in [1.82, 2.24) is 4.98 Å². The monoisotopic (exact) mass is 458 g/mol. The van der Waals surface area contributed by atoms with E-state index in [1.807, 2.05) is 60.7 Å². The summed E-state index contributed by atoms with van der Waals surface area (Å²) in [5, 5.41) is 0.679. The number of nitrogens with zero attached hydrogens (tertiary/aromatic N) is 2. The molecule has 0 aliphatic rings. The molecule has 7 heteroatoms. The summed E-state index contributed by atoms with van der Waals surface area (Å²) in [6, 6.07) is 19.5. The molecule has 4 nitrogen and oxygen atoms in total. The number of hydrogen-bond donors (Lipinski definition) is 0. The highest BCUT2D eigenvalue weighted by Gasteiger charge is 2.21.